The lowest BCUT2D eigenvalue weighted by Gasteiger charge is -2.09. The lowest BCUT2D eigenvalue weighted by atomic mass is 10.3. The number of benzene rings is 1. The summed E-state index contributed by atoms with van der Waals surface area (Å²) in [6.07, 6.45) is 1.59. The predicted octanol–water partition coefficient (Wildman–Crippen LogP) is 3.20. The second-order valence-corrected chi connectivity index (χ2v) is 3.60. The smallest absolute Gasteiger partial charge is 0.153 e. The lowest BCUT2D eigenvalue weighted by molar-refractivity contribution is 0.628. The van der Waals surface area contributed by atoms with Gasteiger partial charge in [-0.3, -0.25) is 0 Å². The number of nitrogens with two attached hydrogens (primary N) is 1. The fourth-order valence-electron chi connectivity index (χ4n) is 1.24. The van der Waals surface area contributed by atoms with Gasteiger partial charge in [0.15, 0.2) is 5.82 Å². The predicted molar refractivity (Wildman–Crippen MR) is 63.3 cm³/mol. The van der Waals surface area contributed by atoms with E-state index in [2.05, 4.69) is 10.3 Å². The molecule has 1 aromatic carbocycles. The molecule has 0 unspecified atom stereocenters. The highest BCUT2D eigenvalue weighted by molar-refractivity contribution is 6.33. The van der Waals surface area contributed by atoms with Gasteiger partial charge in [0.1, 0.15) is 5.82 Å². The topological polar surface area (TPSA) is 50.9 Å². The number of nitrogens with zero attached hydrogens (tertiary/aromatic N) is 1. The highest BCUT2D eigenvalue weighted by Gasteiger charge is 2.05. The first-order chi connectivity index (χ1) is 7.66. The van der Waals surface area contributed by atoms with Crippen LogP contribution in [0.4, 0.5) is 21.6 Å². The van der Waals surface area contributed by atoms with Crippen LogP contribution in [0, 0.1) is 5.82 Å². The number of anilines is 3. The second-order valence-electron chi connectivity index (χ2n) is 3.19. The first-order valence-corrected chi connectivity index (χ1v) is 4.97. The van der Waals surface area contributed by atoms with Crippen molar-refractivity contribution >= 4 is 28.8 Å². The summed E-state index contributed by atoms with van der Waals surface area (Å²) in [5, 5.41) is 3.28. The van der Waals surface area contributed by atoms with Crippen LogP contribution in [0.25, 0.3) is 0 Å². The summed E-state index contributed by atoms with van der Waals surface area (Å²) in [7, 11) is 0. The van der Waals surface area contributed by atoms with Crippen molar-refractivity contribution in [1.29, 1.82) is 0 Å². The van der Waals surface area contributed by atoms with Gasteiger partial charge in [-0.2, -0.15) is 0 Å². The Morgan fingerprint density at radius 3 is 2.88 bits per heavy atom. The van der Waals surface area contributed by atoms with Crippen molar-refractivity contribution in [1.82, 2.24) is 4.98 Å². The summed E-state index contributed by atoms with van der Waals surface area (Å²) < 4.78 is 13.0. The van der Waals surface area contributed by atoms with E-state index >= 15 is 0 Å². The summed E-state index contributed by atoms with van der Waals surface area (Å²) in [6.45, 7) is 0. The van der Waals surface area contributed by atoms with Crippen LogP contribution in [0.3, 0.4) is 0 Å². The number of nitrogen functional groups attached to an aromatic ring is 1. The first kappa shape index (κ1) is 10.7. The average Bonchev–Trinajstić information content (AvgIpc) is 2.27. The van der Waals surface area contributed by atoms with Crippen molar-refractivity contribution < 1.29 is 4.39 Å². The molecule has 0 bridgehead atoms. The molecule has 0 spiro atoms. The van der Waals surface area contributed by atoms with Gasteiger partial charge in [0.2, 0.25) is 0 Å². The van der Waals surface area contributed by atoms with Crippen LogP contribution in [0.2, 0.25) is 5.02 Å². The average molecular weight is 238 g/mol. The fourth-order valence-corrected chi connectivity index (χ4v) is 1.41. The van der Waals surface area contributed by atoms with E-state index in [0.29, 0.717) is 22.2 Å². The Morgan fingerprint density at radius 2 is 2.12 bits per heavy atom. The van der Waals surface area contributed by atoms with Crippen LogP contribution in [0.15, 0.2) is 36.5 Å². The number of rotatable bonds is 2. The zero-order valence-corrected chi connectivity index (χ0v) is 9.00. The first-order valence-electron chi connectivity index (χ1n) is 4.59. The van der Waals surface area contributed by atoms with E-state index in [9.17, 15) is 4.39 Å². The Hall–Kier alpha value is -1.81. The largest absolute Gasteiger partial charge is 0.396 e. The summed E-state index contributed by atoms with van der Waals surface area (Å²) >= 11 is 5.90. The van der Waals surface area contributed by atoms with Gasteiger partial charge in [-0.05, 0) is 30.3 Å². The third-order valence-electron chi connectivity index (χ3n) is 2.02. The van der Waals surface area contributed by atoms with Gasteiger partial charge in [0.05, 0.1) is 16.4 Å². The molecule has 2 aromatic rings. The molecule has 0 saturated heterocycles. The third kappa shape index (κ3) is 2.23. The number of halogens is 2. The number of nitrogens with one attached hydrogen (secondary N) is 1. The molecule has 1 aromatic heterocycles. The van der Waals surface area contributed by atoms with Gasteiger partial charge < -0.3 is 11.1 Å². The van der Waals surface area contributed by atoms with Crippen LogP contribution in [0.1, 0.15) is 0 Å². The van der Waals surface area contributed by atoms with Crippen LogP contribution in [0.5, 0.6) is 0 Å². The standard InChI is InChI=1S/C11H9ClFN3/c12-8-4-3-7(13)6-10(8)16-11-9(14)2-1-5-15-11/h1-6H,14H2,(H,15,16). The Kier molecular flexibility index (Phi) is 2.92. The van der Waals surface area contributed by atoms with Gasteiger partial charge in [0.25, 0.3) is 0 Å². The Bertz CT molecular complexity index is 516. The molecule has 1 heterocycles. The van der Waals surface area contributed by atoms with E-state index in [-0.39, 0.29) is 5.82 Å². The molecule has 5 heteroatoms. The molecule has 0 fully saturated rings. The molecular formula is C11H9ClFN3. The maximum Gasteiger partial charge on any atom is 0.153 e. The highest BCUT2D eigenvalue weighted by atomic mass is 35.5. The van der Waals surface area contributed by atoms with Crippen LogP contribution in [-0.2, 0) is 0 Å². The number of aromatic nitrogens is 1. The zero-order chi connectivity index (χ0) is 11.5. The molecule has 82 valence electrons. The van der Waals surface area contributed by atoms with Gasteiger partial charge in [0, 0.05) is 6.20 Å². The molecule has 2 rings (SSSR count). The van der Waals surface area contributed by atoms with E-state index in [0.717, 1.165) is 0 Å². The molecule has 0 amide bonds. The molecule has 0 aliphatic rings. The minimum absolute atomic E-state index is 0.374. The minimum atomic E-state index is -0.374. The molecule has 3 nitrogen and oxygen atoms in total. The van der Waals surface area contributed by atoms with Crippen molar-refractivity contribution in [2.75, 3.05) is 11.1 Å². The molecule has 0 aliphatic heterocycles. The highest BCUT2D eigenvalue weighted by Crippen LogP contribution is 2.27. The van der Waals surface area contributed by atoms with Gasteiger partial charge >= 0.3 is 0 Å². The summed E-state index contributed by atoms with van der Waals surface area (Å²) in [4.78, 5) is 4.03. The van der Waals surface area contributed by atoms with E-state index in [1.807, 2.05) is 0 Å². The number of hydrogen-bond donors (Lipinski definition) is 2. The number of hydrogen-bond acceptors (Lipinski definition) is 3. The molecular weight excluding hydrogens is 229 g/mol. The SMILES string of the molecule is Nc1cccnc1Nc1cc(F)ccc1Cl. The van der Waals surface area contributed by atoms with Gasteiger partial charge in [-0.25, -0.2) is 9.37 Å². The summed E-state index contributed by atoms with van der Waals surface area (Å²) in [5.74, 6) is 0.0800. The normalized spacial score (nSPS) is 10.1. The lowest BCUT2D eigenvalue weighted by Crippen LogP contribution is -1.99. The van der Waals surface area contributed by atoms with Crippen molar-refractivity contribution in [2.24, 2.45) is 0 Å². The van der Waals surface area contributed by atoms with Crippen LogP contribution in [-0.4, -0.2) is 4.98 Å². The molecule has 0 radical (unpaired) electrons. The molecule has 3 N–H and O–H groups in total. The van der Waals surface area contributed by atoms with Crippen molar-refractivity contribution in [3.05, 3.63) is 47.4 Å². The van der Waals surface area contributed by atoms with E-state index < -0.39 is 0 Å². The van der Waals surface area contributed by atoms with Crippen molar-refractivity contribution in [2.45, 2.75) is 0 Å². The van der Waals surface area contributed by atoms with E-state index in [1.54, 1.807) is 18.3 Å². The van der Waals surface area contributed by atoms with E-state index in [4.69, 9.17) is 17.3 Å². The Balaban J connectivity index is 2.34. The maximum absolute atomic E-state index is 13.0. The third-order valence-corrected chi connectivity index (χ3v) is 2.35. The van der Waals surface area contributed by atoms with Crippen molar-refractivity contribution in [3.63, 3.8) is 0 Å². The summed E-state index contributed by atoms with van der Waals surface area (Å²) in [6, 6.07) is 7.46. The van der Waals surface area contributed by atoms with Crippen LogP contribution < -0.4 is 11.1 Å². The Morgan fingerprint density at radius 1 is 1.31 bits per heavy atom. The zero-order valence-electron chi connectivity index (χ0n) is 8.24. The van der Waals surface area contributed by atoms with Gasteiger partial charge in [-0.1, -0.05) is 11.6 Å². The van der Waals surface area contributed by atoms with Crippen LogP contribution >= 0.6 is 11.6 Å². The monoisotopic (exact) mass is 237 g/mol. The molecule has 0 atom stereocenters. The van der Waals surface area contributed by atoms with Crippen molar-refractivity contribution in [3.8, 4) is 0 Å². The minimum Gasteiger partial charge on any atom is -0.396 e. The maximum atomic E-state index is 13.0. The molecule has 0 aliphatic carbocycles. The summed E-state index contributed by atoms with van der Waals surface area (Å²) in [5.41, 5.74) is 6.61. The Labute approximate surface area is 97.1 Å². The quantitative estimate of drug-likeness (QED) is 0.843. The number of pyridine rings is 1. The fraction of sp³-hybridized carbons (Fsp3) is 0. The molecule has 16 heavy (non-hydrogen) atoms. The second kappa shape index (κ2) is 4.37. The van der Waals surface area contributed by atoms with E-state index in [1.165, 1.54) is 18.2 Å². The van der Waals surface area contributed by atoms with Gasteiger partial charge in [-0.15, -0.1) is 0 Å². The molecule has 0 saturated carbocycles.